The molecule has 51 heavy (non-hydrogen) atoms. The standard InChI is InChI=1S/C50H51N/c1-7-11-22-42(35(5)8-2)44-31-29-36-27-28-37-34-40(30-32-43(37)49(36)41(44)10-4)50(6,39-19-13-12-14-20-39)38(9-3)21-18-33-51-47-25-16-15-23-45(47)46-24-17-26-48(46)51/h8-10,12-21,23,25-32,34,46,48H,2,4,7,11,22,24,33H2,1,3,5-6H3/b21-18-,38-9+,42-35+. The molecule has 1 heterocycles. The normalized spacial score (nSPS) is 18.6. The lowest BCUT2D eigenvalue weighted by Crippen LogP contribution is -2.31. The average molecular weight is 666 g/mol. The zero-order valence-corrected chi connectivity index (χ0v) is 30.8. The van der Waals surface area contributed by atoms with Crippen LogP contribution in [-0.2, 0) is 5.41 Å². The summed E-state index contributed by atoms with van der Waals surface area (Å²) in [5.74, 6) is 0.571. The molecule has 0 fully saturated rings. The number of hydrogen-bond donors (Lipinski definition) is 0. The molecule has 5 aromatic carbocycles. The fourth-order valence-electron chi connectivity index (χ4n) is 8.82. The molecule has 1 aliphatic carbocycles. The Hall–Kier alpha value is -5.14. The van der Waals surface area contributed by atoms with Crippen LogP contribution in [0.2, 0.25) is 0 Å². The molecular formula is C50H51N. The van der Waals surface area contributed by atoms with Crippen LogP contribution in [-0.4, -0.2) is 12.6 Å². The van der Waals surface area contributed by atoms with Crippen LogP contribution >= 0.6 is 0 Å². The average Bonchev–Trinajstić information content (AvgIpc) is 3.78. The van der Waals surface area contributed by atoms with E-state index >= 15 is 0 Å². The monoisotopic (exact) mass is 665 g/mol. The van der Waals surface area contributed by atoms with Crippen molar-refractivity contribution in [2.75, 3.05) is 11.4 Å². The van der Waals surface area contributed by atoms with Gasteiger partial charge in [-0.3, -0.25) is 0 Å². The van der Waals surface area contributed by atoms with Crippen molar-refractivity contribution in [3.8, 4) is 0 Å². The summed E-state index contributed by atoms with van der Waals surface area (Å²) in [6, 6.07) is 36.7. The van der Waals surface area contributed by atoms with E-state index in [9.17, 15) is 0 Å². The number of nitrogens with zero attached hydrogens (tertiary/aromatic N) is 1. The number of allylic oxidation sites excluding steroid dienone is 7. The molecule has 3 atom stereocenters. The first kappa shape index (κ1) is 34.3. The van der Waals surface area contributed by atoms with E-state index in [-0.39, 0.29) is 5.41 Å². The van der Waals surface area contributed by atoms with E-state index in [1.165, 1.54) is 71.8 Å². The van der Waals surface area contributed by atoms with Gasteiger partial charge in [-0.1, -0.05) is 154 Å². The van der Waals surface area contributed by atoms with Crippen molar-refractivity contribution in [3.63, 3.8) is 0 Å². The molecule has 0 saturated heterocycles. The van der Waals surface area contributed by atoms with Gasteiger partial charge in [0.15, 0.2) is 0 Å². The van der Waals surface area contributed by atoms with Gasteiger partial charge in [0.05, 0.1) is 6.04 Å². The molecule has 1 heteroatoms. The topological polar surface area (TPSA) is 3.24 Å². The van der Waals surface area contributed by atoms with Gasteiger partial charge < -0.3 is 4.90 Å². The van der Waals surface area contributed by atoms with Gasteiger partial charge in [0.2, 0.25) is 0 Å². The Kier molecular flexibility index (Phi) is 9.83. The number of hydrogen-bond acceptors (Lipinski definition) is 1. The van der Waals surface area contributed by atoms with Gasteiger partial charge in [-0.25, -0.2) is 0 Å². The number of para-hydroxylation sites is 1. The highest BCUT2D eigenvalue weighted by molar-refractivity contribution is 6.13. The summed E-state index contributed by atoms with van der Waals surface area (Å²) in [7, 11) is 0. The van der Waals surface area contributed by atoms with Gasteiger partial charge in [0.25, 0.3) is 0 Å². The molecule has 0 spiro atoms. The van der Waals surface area contributed by atoms with Crippen LogP contribution in [0.25, 0.3) is 33.2 Å². The van der Waals surface area contributed by atoms with Crippen LogP contribution in [0.5, 0.6) is 0 Å². The van der Waals surface area contributed by atoms with E-state index < -0.39 is 0 Å². The zero-order valence-electron chi connectivity index (χ0n) is 30.8. The molecule has 5 aromatic rings. The van der Waals surface area contributed by atoms with E-state index in [0.29, 0.717) is 12.0 Å². The summed E-state index contributed by atoms with van der Waals surface area (Å²) < 4.78 is 0. The number of anilines is 1. The van der Waals surface area contributed by atoms with E-state index in [2.05, 4.69) is 179 Å². The first-order valence-electron chi connectivity index (χ1n) is 18.8. The molecule has 7 rings (SSSR count). The summed E-state index contributed by atoms with van der Waals surface area (Å²) in [5.41, 5.74) is 11.5. The molecule has 1 aliphatic heterocycles. The second-order valence-corrected chi connectivity index (χ2v) is 14.4. The van der Waals surface area contributed by atoms with E-state index in [0.717, 1.165) is 32.2 Å². The highest BCUT2D eigenvalue weighted by atomic mass is 15.2. The smallest absolute Gasteiger partial charge is 0.0549 e. The molecule has 0 N–H and O–H groups in total. The number of unbranched alkanes of at least 4 members (excludes halogenated alkanes) is 1. The first-order valence-corrected chi connectivity index (χ1v) is 18.8. The maximum absolute atomic E-state index is 4.34. The van der Waals surface area contributed by atoms with Gasteiger partial charge in [-0.15, -0.1) is 0 Å². The maximum Gasteiger partial charge on any atom is 0.0549 e. The van der Waals surface area contributed by atoms with Crippen molar-refractivity contribution in [1.29, 1.82) is 0 Å². The highest BCUT2D eigenvalue weighted by Gasteiger charge is 2.38. The SMILES string of the molecule is C=C/C(C)=C(\CCCC)c1ccc2ccc3cc(C(C)(C(/C=C\CN4c5ccccc5C5CC=CC54)=C/C)c4ccccc4)ccc3c2c1C=C. The lowest BCUT2D eigenvalue weighted by Gasteiger charge is -2.33. The molecular weight excluding hydrogens is 615 g/mol. The van der Waals surface area contributed by atoms with Crippen molar-refractivity contribution < 1.29 is 0 Å². The van der Waals surface area contributed by atoms with Crippen LogP contribution in [0.4, 0.5) is 5.69 Å². The lowest BCUT2D eigenvalue weighted by atomic mass is 9.70. The Balaban J connectivity index is 1.31. The van der Waals surface area contributed by atoms with Crippen LogP contribution in [0.1, 0.15) is 87.1 Å². The maximum atomic E-state index is 4.34. The second-order valence-electron chi connectivity index (χ2n) is 14.4. The quantitative estimate of drug-likeness (QED) is 0.0728. The third kappa shape index (κ3) is 6.03. The summed E-state index contributed by atoms with van der Waals surface area (Å²) in [5, 5.41) is 5.02. The van der Waals surface area contributed by atoms with E-state index in [4.69, 9.17) is 0 Å². The van der Waals surface area contributed by atoms with Crippen molar-refractivity contribution >= 4 is 38.9 Å². The van der Waals surface area contributed by atoms with Crippen LogP contribution < -0.4 is 4.90 Å². The van der Waals surface area contributed by atoms with E-state index in [1.807, 2.05) is 6.08 Å². The van der Waals surface area contributed by atoms with Gasteiger partial charge in [-0.2, -0.15) is 0 Å². The summed E-state index contributed by atoms with van der Waals surface area (Å²) >= 11 is 0. The van der Waals surface area contributed by atoms with Gasteiger partial charge >= 0.3 is 0 Å². The van der Waals surface area contributed by atoms with Crippen LogP contribution in [0.3, 0.4) is 0 Å². The summed E-state index contributed by atoms with van der Waals surface area (Å²) in [6.45, 7) is 18.4. The third-order valence-electron chi connectivity index (χ3n) is 11.7. The third-order valence-corrected chi connectivity index (χ3v) is 11.7. The molecule has 2 aliphatic rings. The predicted octanol–water partition coefficient (Wildman–Crippen LogP) is 13.5. The molecule has 0 bridgehead atoms. The van der Waals surface area contributed by atoms with Gasteiger partial charge in [0, 0.05) is 23.6 Å². The Bertz CT molecular complexity index is 2220. The van der Waals surface area contributed by atoms with Crippen molar-refractivity contribution in [2.45, 2.75) is 70.8 Å². The second kappa shape index (κ2) is 14.6. The highest BCUT2D eigenvalue weighted by Crippen LogP contribution is 2.47. The van der Waals surface area contributed by atoms with Crippen LogP contribution in [0.15, 0.2) is 158 Å². The molecule has 0 saturated carbocycles. The van der Waals surface area contributed by atoms with Crippen molar-refractivity contribution in [2.24, 2.45) is 0 Å². The fourth-order valence-corrected chi connectivity index (χ4v) is 8.82. The summed E-state index contributed by atoms with van der Waals surface area (Å²) in [6.07, 6.45) is 20.4. The zero-order chi connectivity index (χ0) is 35.5. The molecule has 3 unspecified atom stereocenters. The number of rotatable bonds is 12. The Morgan fingerprint density at radius 1 is 0.902 bits per heavy atom. The Morgan fingerprint density at radius 2 is 1.67 bits per heavy atom. The largest absolute Gasteiger partial charge is 0.360 e. The summed E-state index contributed by atoms with van der Waals surface area (Å²) in [4.78, 5) is 2.58. The minimum atomic E-state index is -0.353. The minimum absolute atomic E-state index is 0.353. The van der Waals surface area contributed by atoms with E-state index in [1.54, 1.807) is 0 Å². The van der Waals surface area contributed by atoms with Gasteiger partial charge in [-0.05, 0) is 118 Å². The fraction of sp³-hybridized carbons (Fsp3) is 0.240. The molecule has 1 nitrogen and oxygen atoms in total. The van der Waals surface area contributed by atoms with Gasteiger partial charge in [0.1, 0.15) is 0 Å². The minimum Gasteiger partial charge on any atom is -0.360 e. The number of benzene rings is 5. The molecule has 256 valence electrons. The first-order chi connectivity index (χ1) is 24.9. The molecule has 0 amide bonds. The van der Waals surface area contributed by atoms with Crippen molar-refractivity contribution in [1.82, 2.24) is 0 Å². The Labute approximate surface area is 305 Å². The van der Waals surface area contributed by atoms with Crippen LogP contribution in [0, 0.1) is 0 Å². The lowest BCUT2D eigenvalue weighted by molar-refractivity contribution is 0.657. The molecule has 0 aromatic heterocycles. The van der Waals surface area contributed by atoms with Crippen molar-refractivity contribution in [3.05, 3.63) is 186 Å². The number of fused-ring (bicyclic) bond motifs is 6. The molecule has 0 radical (unpaired) electrons. The predicted molar refractivity (Wildman–Crippen MR) is 224 cm³/mol. The Morgan fingerprint density at radius 3 is 2.43 bits per heavy atom.